The highest BCUT2D eigenvalue weighted by molar-refractivity contribution is 5.79. The normalized spacial score (nSPS) is 16.0. The van der Waals surface area contributed by atoms with Gasteiger partial charge in [0.2, 0.25) is 0 Å². The van der Waals surface area contributed by atoms with Crippen LogP contribution >= 0.6 is 0 Å². The number of benzene rings is 2. The van der Waals surface area contributed by atoms with Crippen molar-refractivity contribution in [2.45, 2.75) is 26.4 Å². The van der Waals surface area contributed by atoms with Crippen LogP contribution in [0.4, 0.5) is 18.9 Å². The Balaban J connectivity index is 1.49. The molecule has 0 aliphatic carbocycles. The van der Waals surface area contributed by atoms with E-state index in [2.05, 4.69) is 19.6 Å². The number of hydrogen-bond donors (Lipinski definition) is 0. The van der Waals surface area contributed by atoms with E-state index in [4.69, 9.17) is 0 Å². The van der Waals surface area contributed by atoms with Gasteiger partial charge in [-0.25, -0.2) is 4.68 Å². The number of anilines is 1. The predicted octanol–water partition coefficient (Wildman–Crippen LogP) is 4.59. The number of hydrogen-bond acceptors (Lipinski definition) is 5. The molecule has 174 valence electrons. The lowest BCUT2D eigenvalue weighted by molar-refractivity contribution is -0.274. The van der Waals surface area contributed by atoms with E-state index in [-0.39, 0.29) is 5.75 Å². The number of carbonyl (C=O) groups is 1. The zero-order valence-corrected chi connectivity index (χ0v) is 18.4. The molecule has 2 heterocycles. The SMILES string of the molecule is Cc1cc(C)n(C(C=O)N2CCN(c3ccccc3-c3ccc(OC(F)(F)F)cc3)CC2)n1. The Labute approximate surface area is 190 Å². The van der Waals surface area contributed by atoms with Crippen molar-refractivity contribution >= 4 is 12.0 Å². The summed E-state index contributed by atoms with van der Waals surface area (Å²) < 4.78 is 43.1. The number of aromatic nitrogens is 2. The number of halogens is 3. The summed E-state index contributed by atoms with van der Waals surface area (Å²) in [7, 11) is 0. The van der Waals surface area contributed by atoms with Crippen molar-refractivity contribution in [3.05, 3.63) is 66.0 Å². The first kappa shape index (κ1) is 22.8. The molecule has 1 fully saturated rings. The number of aldehydes is 1. The monoisotopic (exact) mass is 458 g/mol. The molecule has 0 bridgehead atoms. The molecule has 9 heteroatoms. The summed E-state index contributed by atoms with van der Waals surface area (Å²) in [5.41, 5.74) is 4.54. The van der Waals surface area contributed by atoms with E-state index < -0.39 is 12.5 Å². The maximum Gasteiger partial charge on any atom is 0.573 e. The summed E-state index contributed by atoms with van der Waals surface area (Å²) in [5, 5.41) is 4.47. The summed E-state index contributed by atoms with van der Waals surface area (Å²) >= 11 is 0. The van der Waals surface area contributed by atoms with E-state index in [0.717, 1.165) is 34.5 Å². The number of nitrogens with zero attached hydrogens (tertiary/aromatic N) is 4. The molecular formula is C24H25F3N4O2. The van der Waals surface area contributed by atoms with Gasteiger partial charge in [-0.15, -0.1) is 13.2 Å². The molecule has 3 aromatic rings. The molecule has 6 nitrogen and oxygen atoms in total. The molecule has 1 atom stereocenters. The number of para-hydroxylation sites is 1. The fraction of sp³-hybridized carbons (Fsp3) is 0.333. The van der Waals surface area contributed by atoms with E-state index >= 15 is 0 Å². The topological polar surface area (TPSA) is 50.6 Å². The van der Waals surface area contributed by atoms with Crippen molar-refractivity contribution in [3.63, 3.8) is 0 Å². The van der Waals surface area contributed by atoms with Gasteiger partial charge in [0.05, 0.1) is 5.69 Å². The number of carbonyl (C=O) groups excluding carboxylic acids is 1. The minimum atomic E-state index is -4.72. The highest BCUT2D eigenvalue weighted by Gasteiger charge is 2.31. The number of ether oxygens (including phenoxy) is 1. The molecule has 0 spiro atoms. The van der Waals surface area contributed by atoms with Gasteiger partial charge in [-0.3, -0.25) is 9.69 Å². The average molecular weight is 458 g/mol. The van der Waals surface area contributed by atoms with Crippen LogP contribution in [0.25, 0.3) is 11.1 Å². The first-order chi connectivity index (χ1) is 15.7. The van der Waals surface area contributed by atoms with Crippen LogP contribution in [-0.2, 0) is 4.79 Å². The van der Waals surface area contributed by atoms with Crippen LogP contribution < -0.4 is 9.64 Å². The quantitative estimate of drug-likeness (QED) is 0.506. The Morgan fingerprint density at radius 1 is 1.00 bits per heavy atom. The van der Waals surface area contributed by atoms with E-state index in [1.54, 1.807) is 16.8 Å². The summed E-state index contributed by atoms with van der Waals surface area (Å²) in [4.78, 5) is 16.2. The first-order valence-electron chi connectivity index (χ1n) is 10.7. The van der Waals surface area contributed by atoms with Crippen molar-refractivity contribution in [1.82, 2.24) is 14.7 Å². The zero-order chi connectivity index (χ0) is 23.6. The molecule has 33 heavy (non-hydrogen) atoms. The third-order valence-corrected chi connectivity index (χ3v) is 5.75. The summed E-state index contributed by atoms with van der Waals surface area (Å²) in [5.74, 6) is -0.249. The summed E-state index contributed by atoms with van der Waals surface area (Å²) in [6.07, 6.45) is -4.24. The van der Waals surface area contributed by atoms with Crippen molar-refractivity contribution in [1.29, 1.82) is 0 Å². The molecule has 2 aromatic carbocycles. The Bertz CT molecular complexity index is 1100. The maximum absolute atomic E-state index is 12.5. The van der Waals surface area contributed by atoms with Crippen LogP contribution in [0.5, 0.6) is 5.75 Å². The fourth-order valence-electron chi connectivity index (χ4n) is 4.27. The average Bonchev–Trinajstić information content (AvgIpc) is 3.12. The van der Waals surface area contributed by atoms with Gasteiger partial charge in [0, 0.05) is 43.1 Å². The van der Waals surface area contributed by atoms with Gasteiger partial charge in [-0.2, -0.15) is 5.10 Å². The van der Waals surface area contributed by atoms with Crippen molar-refractivity contribution in [2.24, 2.45) is 0 Å². The second-order valence-electron chi connectivity index (χ2n) is 8.03. The first-order valence-corrected chi connectivity index (χ1v) is 10.7. The van der Waals surface area contributed by atoms with E-state index in [1.807, 2.05) is 44.2 Å². The Morgan fingerprint density at radius 3 is 2.24 bits per heavy atom. The summed E-state index contributed by atoms with van der Waals surface area (Å²) in [6, 6.07) is 15.6. The van der Waals surface area contributed by atoms with Crippen molar-refractivity contribution < 1.29 is 22.7 Å². The molecule has 1 aromatic heterocycles. The van der Waals surface area contributed by atoms with Gasteiger partial charge in [0.25, 0.3) is 0 Å². The molecule has 1 unspecified atom stereocenters. The lowest BCUT2D eigenvalue weighted by Gasteiger charge is -2.39. The molecule has 0 N–H and O–H groups in total. The van der Waals surface area contributed by atoms with Gasteiger partial charge >= 0.3 is 6.36 Å². The molecule has 0 saturated carbocycles. The molecule has 1 aliphatic heterocycles. The fourth-order valence-corrected chi connectivity index (χ4v) is 4.27. The summed E-state index contributed by atoms with van der Waals surface area (Å²) in [6.45, 7) is 6.60. The largest absolute Gasteiger partial charge is 0.573 e. The highest BCUT2D eigenvalue weighted by atomic mass is 19.4. The van der Waals surface area contributed by atoms with Gasteiger partial charge in [0.15, 0.2) is 12.5 Å². The van der Waals surface area contributed by atoms with E-state index in [9.17, 15) is 18.0 Å². The van der Waals surface area contributed by atoms with Crippen LogP contribution in [0.15, 0.2) is 54.6 Å². The third-order valence-electron chi connectivity index (χ3n) is 5.75. The number of alkyl halides is 3. The smallest absolute Gasteiger partial charge is 0.406 e. The van der Waals surface area contributed by atoms with Crippen molar-refractivity contribution in [2.75, 3.05) is 31.1 Å². The Morgan fingerprint density at radius 2 is 1.67 bits per heavy atom. The van der Waals surface area contributed by atoms with Gasteiger partial charge in [-0.1, -0.05) is 30.3 Å². The Hall–Kier alpha value is -3.33. The number of piperazine rings is 1. The zero-order valence-electron chi connectivity index (χ0n) is 18.4. The lowest BCUT2D eigenvalue weighted by Crippen LogP contribution is -2.49. The highest BCUT2D eigenvalue weighted by Crippen LogP contribution is 2.33. The maximum atomic E-state index is 12.5. The van der Waals surface area contributed by atoms with Crippen LogP contribution in [0, 0.1) is 13.8 Å². The van der Waals surface area contributed by atoms with Crippen LogP contribution in [0.1, 0.15) is 17.6 Å². The van der Waals surface area contributed by atoms with Crippen LogP contribution in [0.3, 0.4) is 0 Å². The lowest BCUT2D eigenvalue weighted by atomic mass is 10.0. The van der Waals surface area contributed by atoms with Gasteiger partial charge in [0.1, 0.15) is 5.75 Å². The molecular weight excluding hydrogens is 433 g/mol. The Kier molecular flexibility index (Phi) is 6.42. The second-order valence-corrected chi connectivity index (χ2v) is 8.03. The van der Waals surface area contributed by atoms with Crippen LogP contribution in [-0.4, -0.2) is 53.5 Å². The van der Waals surface area contributed by atoms with Crippen LogP contribution in [0.2, 0.25) is 0 Å². The molecule has 4 rings (SSSR count). The second kappa shape index (κ2) is 9.27. The molecule has 0 radical (unpaired) electrons. The number of aryl methyl sites for hydroxylation is 2. The predicted molar refractivity (Wildman–Crippen MR) is 119 cm³/mol. The van der Waals surface area contributed by atoms with Gasteiger partial charge < -0.3 is 9.64 Å². The van der Waals surface area contributed by atoms with E-state index in [0.29, 0.717) is 26.2 Å². The molecule has 0 amide bonds. The molecule has 1 aliphatic rings. The van der Waals surface area contributed by atoms with Gasteiger partial charge in [-0.05, 0) is 43.7 Å². The third kappa shape index (κ3) is 5.19. The molecule has 1 saturated heterocycles. The standard InChI is InChI=1S/C24H25F3N4O2/c1-17-15-18(2)31(28-17)23(16-32)30-13-11-29(12-14-30)22-6-4-3-5-21(22)19-7-9-20(10-8-19)33-24(25,26)27/h3-10,15-16,23H,11-14H2,1-2H3. The minimum absolute atomic E-state index is 0.249. The van der Waals surface area contributed by atoms with E-state index in [1.165, 1.54) is 12.1 Å². The minimum Gasteiger partial charge on any atom is -0.406 e. The number of rotatable bonds is 6. The van der Waals surface area contributed by atoms with Crippen molar-refractivity contribution in [3.8, 4) is 16.9 Å².